The van der Waals surface area contributed by atoms with Crippen molar-refractivity contribution in [3.8, 4) is 0 Å². The van der Waals surface area contributed by atoms with Crippen LogP contribution >= 0.6 is 0 Å². The summed E-state index contributed by atoms with van der Waals surface area (Å²) >= 11 is 0. The van der Waals surface area contributed by atoms with Crippen molar-refractivity contribution in [2.75, 3.05) is 11.4 Å². The van der Waals surface area contributed by atoms with Crippen LogP contribution in [0, 0.1) is 6.92 Å². The van der Waals surface area contributed by atoms with Gasteiger partial charge in [0.25, 0.3) is 0 Å². The molecular weight excluding hydrogens is 262 g/mol. The van der Waals surface area contributed by atoms with Gasteiger partial charge in [-0.05, 0) is 38.3 Å². The average Bonchev–Trinajstić information content (AvgIpc) is 3.23. The van der Waals surface area contributed by atoms with Crippen molar-refractivity contribution < 1.29 is 4.79 Å². The second-order valence-corrected chi connectivity index (χ2v) is 6.07. The molecule has 1 atom stereocenters. The second-order valence-electron chi connectivity index (χ2n) is 6.07. The van der Waals surface area contributed by atoms with Crippen molar-refractivity contribution >= 4 is 22.5 Å². The molecule has 1 saturated heterocycles. The van der Waals surface area contributed by atoms with Gasteiger partial charge in [0.05, 0.1) is 17.2 Å². The number of carbonyl (C=O) groups is 1. The maximum Gasteiger partial charge on any atom is 0.244 e. The van der Waals surface area contributed by atoms with Gasteiger partial charge in [0, 0.05) is 23.7 Å². The Morgan fingerprint density at radius 2 is 2.05 bits per heavy atom. The lowest BCUT2D eigenvalue weighted by molar-refractivity contribution is -0.118. The Morgan fingerprint density at radius 3 is 2.86 bits per heavy atom. The van der Waals surface area contributed by atoms with Crippen LogP contribution in [0.1, 0.15) is 25.0 Å². The molecule has 2 heterocycles. The molecule has 1 amide bonds. The molecule has 1 unspecified atom stereocenters. The summed E-state index contributed by atoms with van der Waals surface area (Å²) < 4.78 is 0. The highest BCUT2D eigenvalue weighted by Crippen LogP contribution is 2.30. The predicted molar refractivity (Wildman–Crippen MR) is 83.4 cm³/mol. The summed E-state index contributed by atoms with van der Waals surface area (Å²) in [6, 6.07) is 10.7. The number of rotatable bonds is 3. The number of hydrogen-bond acceptors (Lipinski definition) is 3. The van der Waals surface area contributed by atoms with Crippen LogP contribution in [0.25, 0.3) is 10.9 Å². The summed E-state index contributed by atoms with van der Waals surface area (Å²) in [5.74, 6) is 0.192. The zero-order chi connectivity index (χ0) is 14.4. The number of benzene rings is 1. The SMILES string of the molecule is Cc1ccc2cccc(N3CCC(NC4CC4)C3=O)c2n1. The van der Waals surface area contributed by atoms with Crippen LogP contribution in [0.5, 0.6) is 0 Å². The molecule has 1 aromatic heterocycles. The number of nitrogens with zero attached hydrogens (tertiary/aromatic N) is 2. The normalized spacial score (nSPS) is 22.2. The van der Waals surface area contributed by atoms with Gasteiger partial charge in [-0.3, -0.25) is 9.78 Å². The molecule has 1 N–H and O–H groups in total. The summed E-state index contributed by atoms with van der Waals surface area (Å²) in [5, 5.41) is 4.54. The van der Waals surface area contributed by atoms with E-state index < -0.39 is 0 Å². The van der Waals surface area contributed by atoms with Crippen molar-refractivity contribution in [1.82, 2.24) is 10.3 Å². The Kier molecular flexibility index (Phi) is 2.93. The molecule has 0 radical (unpaired) electrons. The van der Waals surface area contributed by atoms with Crippen molar-refractivity contribution in [2.45, 2.75) is 38.3 Å². The first-order valence-corrected chi connectivity index (χ1v) is 7.66. The van der Waals surface area contributed by atoms with E-state index in [2.05, 4.69) is 16.4 Å². The molecular formula is C17H19N3O. The van der Waals surface area contributed by atoms with Crippen LogP contribution in [0.3, 0.4) is 0 Å². The van der Waals surface area contributed by atoms with E-state index >= 15 is 0 Å². The number of fused-ring (bicyclic) bond motifs is 1. The maximum atomic E-state index is 12.6. The first kappa shape index (κ1) is 12.8. The minimum atomic E-state index is -0.0161. The fraction of sp³-hybridized carbons (Fsp3) is 0.412. The standard InChI is InChI=1S/C17H19N3O/c1-11-5-6-12-3-2-4-15(16(12)18-11)20-10-9-14(17(20)21)19-13-7-8-13/h2-6,13-14,19H,7-10H2,1H3. The van der Waals surface area contributed by atoms with E-state index in [9.17, 15) is 4.79 Å². The lowest BCUT2D eigenvalue weighted by atomic mass is 10.1. The van der Waals surface area contributed by atoms with Crippen LogP contribution in [-0.2, 0) is 4.79 Å². The number of aromatic nitrogens is 1. The lowest BCUT2D eigenvalue weighted by Crippen LogP contribution is -2.39. The van der Waals surface area contributed by atoms with Crippen LogP contribution < -0.4 is 10.2 Å². The van der Waals surface area contributed by atoms with Crippen LogP contribution in [0.15, 0.2) is 30.3 Å². The van der Waals surface area contributed by atoms with E-state index in [-0.39, 0.29) is 11.9 Å². The lowest BCUT2D eigenvalue weighted by Gasteiger charge is -2.19. The predicted octanol–water partition coefficient (Wildman–Crippen LogP) is 2.40. The summed E-state index contributed by atoms with van der Waals surface area (Å²) in [5.41, 5.74) is 2.86. The summed E-state index contributed by atoms with van der Waals surface area (Å²) in [6.45, 7) is 2.76. The van der Waals surface area contributed by atoms with Crippen LogP contribution in [0.4, 0.5) is 5.69 Å². The maximum absolute atomic E-state index is 12.6. The van der Waals surface area contributed by atoms with Crippen molar-refractivity contribution in [1.29, 1.82) is 0 Å². The molecule has 21 heavy (non-hydrogen) atoms. The smallest absolute Gasteiger partial charge is 0.244 e. The number of carbonyl (C=O) groups excluding carboxylic acids is 1. The molecule has 0 spiro atoms. The third-order valence-corrected chi connectivity index (χ3v) is 4.35. The van der Waals surface area contributed by atoms with E-state index in [1.807, 2.05) is 36.1 Å². The van der Waals surface area contributed by atoms with E-state index in [1.54, 1.807) is 0 Å². The molecule has 2 fully saturated rings. The monoisotopic (exact) mass is 281 g/mol. The molecule has 4 heteroatoms. The van der Waals surface area contributed by atoms with Gasteiger partial charge in [-0.25, -0.2) is 0 Å². The fourth-order valence-corrected chi connectivity index (χ4v) is 3.06. The third-order valence-electron chi connectivity index (χ3n) is 4.35. The van der Waals surface area contributed by atoms with Crippen molar-refractivity contribution in [3.63, 3.8) is 0 Å². The molecule has 4 rings (SSSR count). The number of hydrogen-bond donors (Lipinski definition) is 1. The van der Waals surface area contributed by atoms with Gasteiger partial charge in [-0.2, -0.15) is 0 Å². The Balaban J connectivity index is 1.69. The molecule has 2 aromatic rings. The molecule has 1 saturated carbocycles. The van der Waals surface area contributed by atoms with Crippen molar-refractivity contribution in [3.05, 3.63) is 36.0 Å². The quantitative estimate of drug-likeness (QED) is 0.939. The summed E-state index contributed by atoms with van der Waals surface area (Å²) in [6.07, 6.45) is 3.30. The zero-order valence-electron chi connectivity index (χ0n) is 12.2. The highest BCUT2D eigenvalue weighted by molar-refractivity contribution is 6.05. The summed E-state index contributed by atoms with van der Waals surface area (Å²) in [7, 11) is 0. The molecule has 1 aliphatic heterocycles. The molecule has 0 bridgehead atoms. The number of anilines is 1. The minimum absolute atomic E-state index is 0.0161. The second kappa shape index (κ2) is 4.81. The van der Waals surface area contributed by atoms with Gasteiger partial charge >= 0.3 is 0 Å². The topological polar surface area (TPSA) is 45.2 Å². The highest BCUT2D eigenvalue weighted by Gasteiger charge is 2.36. The van der Waals surface area contributed by atoms with Crippen molar-refractivity contribution in [2.24, 2.45) is 0 Å². The Hall–Kier alpha value is -1.94. The van der Waals surface area contributed by atoms with Gasteiger partial charge < -0.3 is 10.2 Å². The zero-order valence-corrected chi connectivity index (χ0v) is 12.2. The molecule has 2 aliphatic rings. The van der Waals surface area contributed by atoms with Gasteiger partial charge in [0.2, 0.25) is 5.91 Å². The van der Waals surface area contributed by atoms with Gasteiger partial charge in [0.1, 0.15) is 0 Å². The van der Waals surface area contributed by atoms with Gasteiger partial charge in [0.15, 0.2) is 0 Å². The highest BCUT2D eigenvalue weighted by atomic mass is 16.2. The van der Waals surface area contributed by atoms with E-state index in [0.29, 0.717) is 6.04 Å². The van der Waals surface area contributed by atoms with Gasteiger partial charge in [-0.15, -0.1) is 0 Å². The summed E-state index contributed by atoms with van der Waals surface area (Å²) in [4.78, 5) is 19.2. The first-order valence-electron chi connectivity index (χ1n) is 7.66. The van der Waals surface area contributed by atoms with Crippen LogP contribution in [0.2, 0.25) is 0 Å². The number of aryl methyl sites for hydroxylation is 1. The molecule has 1 aliphatic carbocycles. The minimum Gasteiger partial charge on any atom is -0.309 e. The third kappa shape index (κ3) is 2.29. The first-order chi connectivity index (χ1) is 10.2. The Bertz CT molecular complexity index is 708. The fourth-order valence-electron chi connectivity index (χ4n) is 3.06. The molecule has 1 aromatic carbocycles. The number of nitrogens with one attached hydrogen (secondary N) is 1. The molecule has 108 valence electrons. The number of para-hydroxylation sites is 1. The van der Waals surface area contributed by atoms with Gasteiger partial charge in [-0.1, -0.05) is 18.2 Å². The van der Waals surface area contributed by atoms with E-state index in [1.165, 1.54) is 12.8 Å². The Morgan fingerprint density at radius 1 is 1.19 bits per heavy atom. The largest absolute Gasteiger partial charge is 0.309 e. The average molecular weight is 281 g/mol. The number of pyridine rings is 1. The van der Waals surface area contributed by atoms with E-state index in [0.717, 1.165) is 35.2 Å². The molecule has 4 nitrogen and oxygen atoms in total. The number of amides is 1. The van der Waals surface area contributed by atoms with Crippen LogP contribution in [-0.4, -0.2) is 29.5 Å². The van der Waals surface area contributed by atoms with E-state index in [4.69, 9.17) is 0 Å². The Labute approximate surface area is 124 Å².